The van der Waals surface area contributed by atoms with Gasteiger partial charge in [-0.3, -0.25) is 4.99 Å². The van der Waals surface area contributed by atoms with Crippen LogP contribution in [-0.2, 0) is 9.63 Å². The van der Waals surface area contributed by atoms with Gasteiger partial charge in [0.25, 0.3) is 0 Å². The minimum atomic E-state index is -5.19. The number of alkyl halides is 3. The van der Waals surface area contributed by atoms with Gasteiger partial charge < -0.3 is 14.3 Å². The van der Waals surface area contributed by atoms with Gasteiger partial charge in [0.05, 0.1) is 25.3 Å². The van der Waals surface area contributed by atoms with Gasteiger partial charge in [-0.1, -0.05) is 37.6 Å². The maximum Gasteiger partial charge on any atom is 0.493 e. The first kappa shape index (κ1) is 25.7. The van der Waals surface area contributed by atoms with Crippen LogP contribution >= 0.6 is 11.6 Å². The van der Waals surface area contributed by atoms with E-state index in [0.29, 0.717) is 40.7 Å². The highest BCUT2D eigenvalue weighted by Crippen LogP contribution is 2.40. The summed E-state index contributed by atoms with van der Waals surface area (Å²) in [7, 11) is 1.49. The van der Waals surface area contributed by atoms with Gasteiger partial charge in [-0.15, -0.1) is 0 Å². The van der Waals surface area contributed by atoms with Gasteiger partial charge in [-0.05, 0) is 49.1 Å². The Morgan fingerprint density at radius 3 is 2.41 bits per heavy atom. The van der Waals surface area contributed by atoms with Crippen molar-refractivity contribution in [2.24, 2.45) is 10.9 Å². The number of nitrogens with zero attached hydrogens (tertiary/aromatic N) is 2. The lowest BCUT2D eigenvalue weighted by Crippen LogP contribution is -2.40. The summed E-state index contributed by atoms with van der Waals surface area (Å²) >= 11 is 6.02. The van der Waals surface area contributed by atoms with Crippen molar-refractivity contribution in [1.29, 1.82) is 0 Å². The number of halogens is 4. The largest absolute Gasteiger partial charge is 0.497 e. The van der Waals surface area contributed by atoms with E-state index in [2.05, 4.69) is 0 Å². The monoisotopic (exact) mass is 498 g/mol. The van der Waals surface area contributed by atoms with E-state index < -0.39 is 24.2 Å². The summed E-state index contributed by atoms with van der Waals surface area (Å²) in [4.78, 5) is 21.7. The topological polar surface area (TPSA) is 60.4 Å². The second-order valence-corrected chi connectivity index (χ2v) is 8.58. The van der Waals surface area contributed by atoms with E-state index in [1.807, 2.05) is 13.8 Å². The van der Waals surface area contributed by atoms with Gasteiger partial charge in [0.2, 0.25) is 0 Å². The van der Waals surface area contributed by atoms with Crippen LogP contribution in [0, 0.1) is 5.92 Å². The van der Waals surface area contributed by atoms with Crippen molar-refractivity contribution in [3.8, 4) is 11.5 Å². The van der Waals surface area contributed by atoms with Gasteiger partial charge in [-0.2, -0.15) is 18.2 Å². The van der Waals surface area contributed by atoms with Crippen LogP contribution in [0.15, 0.2) is 47.5 Å². The number of hydrogen-bond donors (Lipinski definition) is 0. The van der Waals surface area contributed by atoms with E-state index in [-0.39, 0.29) is 11.8 Å². The molecule has 3 rings (SSSR count). The van der Waals surface area contributed by atoms with Crippen molar-refractivity contribution in [1.82, 2.24) is 5.06 Å². The number of carbonyl (C=O) groups excluding carboxylic acids is 1. The molecule has 2 aromatic rings. The molecule has 0 aliphatic carbocycles. The normalized spacial score (nSPS) is 18.1. The predicted octanol–water partition coefficient (Wildman–Crippen LogP) is 5.99. The molecule has 184 valence electrons. The SMILES string of the molecule is CCOc1cc(OC)ccc1C1=NC(CC(C)C)C(c2ccc(Cl)cc2)N1OC(=O)C(F)(F)F. The lowest BCUT2D eigenvalue weighted by Gasteiger charge is -2.30. The first-order valence-electron chi connectivity index (χ1n) is 10.8. The Hall–Kier alpha value is -2.94. The summed E-state index contributed by atoms with van der Waals surface area (Å²) in [6.45, 7) is 6.04. The second-order valence-electron chi connectivity index (χ2n) is 8.14. The highest BCUT2D eigenvalue weighted by atomic mass is 35.5. The molecule has 1 aliphatic rings. The van der Waals surface area contributed by atoms with Gasteiger partial charge in [0, 0.05) is 11.1 Å². The lowest BCUT2D eigenvalue weighted by atomic mass is 9.93. The average molecular weight is 499 g/mol. The molecule has 0 amide bonds. The fourth-order valence-corrected chi connectivity index (χ4v) is 3.90. The molecule has 0 spiro atoms. The van der Waals surface area contributed by atoms with Crippen molar-refractivity contribution in [3.05, 3.63) is 58.6 Å². The molecule has 1 aliphatic heterocycles. The van der Waals surface area contributed by atoms with E-state index in [1.165, 1.54) is 7.11 Å². The number of hydroxylamine groups is 2. The minimum Gasteiger partial charge on any atom is -0.497 e. The quantitative estimate of drug-likeness (QED) is 0.447. The molecule has 0 saturated carbocycles. The van der Waals surface area contributed by atoms with E-state index >= 15 is 0 Å². The highest BCUT2D eigenvalue weighted by Gasteiger charge is 2.48. The zero-order chi connectivity index (χ0) is 25.0. The number of amidine groups is 1. The van der Waals surface area contributed by atoms with Gasteiger partial charge in [0.1, 0.15) is 17.5 Å². The van der Waals surface area contributed by atoms with E-state index in [1.54, 1.807) is 49.4 Å². The van der Waals surface area contributed by atoms with Crippen LogP contribution in [0.2, 0.25) is 5.02 Å². The van der Waals surface area contributed by atoms with Gasteiger partial charge in [-0.25, -0.2) is 4.79 Å². The maximum absolute atomic E-state index is 13.2. The minimum absolute atomic E-state index is 0.0642. The second kappa shape index (κ2) is 10.5. The Kier molecular flexibility index (Phi) is 7.97. The summed E-state index contributed by atoms with van der Waals surface area (Å²) in [5, 5.41) is 1.41. The third-order valence-electron chi connectivity index (χ3n) is 5.18. The first-order chi connectivity index (χ1) is 16.0. The zero-order valence-electron chi connectivity index (χ0n) is 19.2. The van der Waals surface area contributed by atoms with Gasteiger partial charge >= 0.3 is 12.1 Å². The summed E-state index contributed by atoms with van der Waals surface area (Å²) in [6.07, 6.45) is -4.65. The first-order valence-corrected chi connectivity index (χ1v) is 11.2. The van der Waals surface area contributed by atoms with E-state index in [0.717, 1.165) is 5.06 Å². The Balaban J connectivity index is 2.16. The van der Waals surface area contributed by atoms with E-state index in [4.69, 9.17) is 30.9 Å². The number of aliphatic imine (C=N–C) groups is 1. The molecule has 0 N–H and O–H groups in total. The molecule has 34 heavy (non-hydrogen) atoms. The third kappa shape index (κ3) is 5.75. The molecular weight excluding hydrogens is 473 g/mol. The number of carbonyl (C=O) groups is 1. The average Bonchev–Trinajstić information content (AvgIpc) is 3.10. The zero-order valence-corrected chi connectivity index (χ0v) is 20.0. The summed E-state index contributed by atoms with van der Waals surface area (Å²) in [6, 6.07) is 10.2. The van der Waals surface area contributed by atoms with Gasteiger partial charge in [0.15, 0.2) is 5.84 Å². The van der Waals surface area contributed by atoms with Crippen LogP contribution in [-0.4, -0.2) is 42.8 Å². The molecule has 1 heterocycles. The van der Waals surface area contributed by atoms with Crippen molar-refractivity contribution >= 4 is 23.4 Å². The molecular formula is C24H26ClF3N2O4. The number of rotatable bonds is 8. The molecule has 0 fully saturated rings. The van der Waals surface area contributed by atoms with Crippen LogP contribution in [0.25, 0.3) is 0 Å². The lowest BCUT2D eigenvalue weighted by molar-refractivity contribution is -0.230. The predicted molar refractivity (Wildman–Crippen MR) is 122 cm³/mol. The summed E-state index contributed by atoms with van der Waals surface area (Å²) in [5.74, 6) is -1.26. The summed E-state index contributed by atoms with van der Waals surface area (Å²) < 4.78 is 50.6. The van der Waals surface area contributed by atoms with Crippen molar-refractivity contribution in [2.75, 3.05) is 13.7 Å². The highest BCUT2D eigenvalue weighted by molar-refractivity contribution is 6.30. The Bertz CT molecular complexity index is 1040. The third-order valence-corrected chi connectivity index (χ3v) is 5.43. The Labute approximate surface area is 201 Å². The van der Waals surface area contributed by atoms with Crippen molar-refractivity contribution in [2.45, 2.75) is 45.5 Å². The van der Waals surface area contributed by atoms with Crippen molar-refractivity contribution in [3.63, 3.8) is 0 Å². The molecule has 2 aromatic carbocycles. The van der Waals surface area contributed by atoms with Crippen LogP contribution in [0.5, 0.6) is 11.5 Å². The fourth-order valence-electron chi connectivity index (χ4n) is 3.77. The number of ether oxygens (including phenoxy) is 2. The smallest absolute Gasteiger partial charge is 0.493 e. The molecule has 0 radical (unpaired) electrons. The van der Waals surface area contributed by atoms with Crippen LogP contribution in [0.1, 0.15) is 44.4 Å². The molecule has 0 saturated heterocycles. The number of hydrogen-bond acceptors (Lipinski definition) is 6. The maximum atomic E-state index is 13.2. The van der Waals surface area contributed by atoms with E-state index in [9.17, 15) is 18.0 Å². The fraction of sp³-hybridized carbons (Fsp3) is 0.417. The standard InChI is InChI=1S/C24H26ClF3N2O4/c1-5-33-20-13-17(32-4)10-11-18(20)22-29-19(12-14(2)3)21(15-6-8-16(25)9-7-15)30(22)34-23(31)24(26,27)28/h6-11,13-14,19,21H,5,12H2,1-4H3. The van der Waals surface area contributed by atoms with Crippen LogP contribution in [0.3, 0.4) is 0 Å². The van der Waals surface area contributed by atoms with Crippen LogP contribution < -0.4 is 9.47 Å². The molecule has 2 unspecified atom stereocenters. The number of benzene rings is 2. The molecule has 0 bridgehead atoms. The molecule has 10 heteroatoms. The molecule has 2 atom stereocenters. The van der Waals surface area contributed by atoms with Crippen molar-refractivity contribution < 1.29 is 32.3 Å². The Morgan fingerprint density at radius 2 is 1.85 bits per heavy atom. The summed E-state index contributed by atoms with van der Waals surface area (Å²) in [5.41, 5.74) is 0.984. The molecule has 6 nitrogen and oxygen atoms in total. The van der Waals surface area contributed by atoms with Crippen LogP contribution in [0.4, 0.5) is 13.2 Å². The Morgan fingerprint density at radius 1 is 1.18 bits per heavy atom. The number of methoxy groups -OCH3 is 1. The molecule has 0 aromatic heterocycles.